The normalized spacial score (nSPS) is 13.0. The zero-order valence-corrected chi connectivity index (χ0v) is 11.1. The van der Waals surface area contributed by atoms with Crippen LogP contribution in [0.5, 0.6) is 0 Å². The van der Waals surface area contributed by atoms with Gasteiger partial charge in [0.25, 0.3) is 0 Å². The molecule has 0 radical (unpaired) electrons. The molecule has 0 aliphatic rings. The minimum Gasteiger partial charge on any atom is -0.394 e. The molecule has 0 unspecified atom stereocenters. The summed E-state index contributed by atoms with van der Waals surface area (Å²) >= 11 is 0. The van der Waals surface area contributed by atoms with Gasteiger partial charge in [-0.25, -0.2) is 13.1 Å². The molecule has 0 rings (SSSR count). The third-order valence-corrected chi connectivity index (χ3v) is 3.54. The van der Waals surface area contributed by atoms with Gasteiger partial charge in [-0.05, 0) is 11.8 Å². The molecule has 0 saturated carbocycles. The Bertz CT molecular complexity index is 269. The van der Waals surface area contributed by atoms with E-state index >= 15 is 0 Å². The predicted octanol–water partition coefficient (Wildman–Crippen LogP) is 0.351. The van der Waals surface area contributed by atoms with E-state index in [2.05, 4.69) is 4.72 Å². The van der Waals surface area contributed by atoms with E-state index < -0.39 is 10.0 Å². The third kappa shape index (κ3) is 10.4. The third-order valence-electron chi connectivity index (χ3n) is 1.65. The molecule has 0 aromatic rings. The second-order valence-corrected chi connectivity index (χ2v) is 6.71. The maximum absolute atomic E-state index is 11.5. The smallest absolute Gasteiger partial charge is 0.212 e. The van der Waals surface area contributed by atoms with Gasteiger partial charge in [-0.1, -0.05) is 20.8 Å². The fourth-order valence-corrected chi connectivity index (χ4v) is 2.89. The molecule has 0 fully saturated rings. The van der Waals surface area contributed by atoms with Crippen molar-refractivity contribution in [2.75, 3.05) is 32.1 Å². The van der Waals surface area contributed by atoms with Gasteiger partial charge in [0.1, 0.15) is 0 Å². The molecule has 0 saturated heterocycles. The Labute approximate surface area is 98.2 Å². The average Bonchev–Trinajstić information content (AvgIpc) is 2.06. The second kappa shape index (κ2) is 7.21. The van der Waals surface area contributed by atoms with Crippen LogP contribution in [0.25, 0.3) is 0 Å². The van der Waals surface area contributed by atoms with Crippen molar-refractivity contribution in [3.8, 4) is 0 Å². The van der Waals surface area contributed by atoms with E-state index in [9.17, 15) is 8.42 Å². The average molecular weight is 253 g/mol. The fourth-order valence-electron chi connectivity index (χ4n) is 1.19. The van der Waals surface area contributed by atoms with Crippen LogP contribution < -0.4 is 4.72 Å². The molecular formula is C10H23NO4S. The summed E-state index contributed by atoms with van der Waals surface area (Å²) in [6.45, 7) is 6.79. The van der Waals surface area contributed by atoms with E-state index in [4.69, 9.17) is 9.84 Å². The molecule has 0 aliphatic carbocycles. The molecule has 0 aromatic heterocycles. The van der Waals surface area contributed by atoms with Crippen molar-refractivity contribution in [1.29, 1.82) is 0 Å². The molecule has 6 heteroatoms. The van der Waals surface area contributed by atoms with E-state index in [1.54, 1.807) is 0 Å². The minimum atomic E-state index is -3.19. The molecule has 16 heavy (non-hydrogen) atoms. The van der Waals surface area contributed by atoms with E-state index in [1.165, 1.54) is 0 Å². The number of sulfonamides is 1. The summed E-state index contributed by atoms with van der Waals surface area (Å²) in [5, 5.41) is 8.44. The molecular weight excluding hydrogens is 230 g/mol. The molecule has 0 atom stereocenters. The zero-order chi connectivity index (χ0) is 12.7. The van der Waals surface area contributed by atoms with Crippen molar-refractivity contribution in [3.63, 3.8) is 0 Å². The summed E-state index contributed by atoms with van der Waals surface area (Å²) in [5.41, 5.74) is -0.237. The number of aliphatic hydroxyl groups is 1. The Morgan fingerprint density at radius 2 is 1.88 bits per heavy atom. The first-order valence-electron chi connectivity index (χ1n) is 5.43. The number of aliphatic hydroxyl groups excluding tert-OH is 1. The molecule has 5 nitrogen and oxygen atoms in total. The Kier molecular flexibility index (Phi) is 7.14. The van der Waals surface area contributed by atoms with Crippen LogP contribution in [0.4, 0.5) is 0 Å². The SMILES string of the molecule is CC(C)(C)CS(=O)(=O)NCCCOCCO. The van der Waals surface area contributed by atoms with Crippen LogP contribution in [-0.4, -0.2) is 45.6 Å². The van der Waals surface area contributed by atoms with Crippen molar-refractivity contribution < 1.29 is 18.3 Å². The number of hydrogen-bond donors (Lipinski definition) is 2. The summed E-state index contributed by atoms with van der Waals surface area (Å²) < 4.78 is 30.6. The Balaban J connectivity index is 3.68. The lowest BCUT2D eigenvalue weighted by Crippen LogP contribution is -2.33. The van der Waals surface area contributed by atoms with Crippen LogP contribution in [0.3, 0.4) is 0 Å². The second-order valence-electron chi connectivity index (χ2n) is 4.90. The van der Waals surface area contributed by atoms with Crippen LogP contribution >= 0.6 is 0 Å². The molecule has 0 amide bonds. The standard InChI is InChI=1S/C10H23NO4S/c1-10(2,3)9-16(13,14)11-5-4-7-15-8-6-12/h11-12H,4-9H2,1-3H3. The van der Waals surface area contributed by atoms with E-state index in [-0.39, 0.29) is 17.8 Å². The van der Waals surface area contributed by atoms with Gasteiger partial charge in [-0.3, -0.25) is 0 Å². The maximum Gasteiger partial charge on any atom is 0.212 e. The van der Waals surface area contributed by atoms with Crippen LogP contribution in [0.2, 0.25) is 0 Å². The number of ether oxygens (including phenoxy) is 1. The van der Waals surface area contributed by atoms with Gasteiger partial charge in [0.2, 0.25) is 10.0 Å². The van der Waals surface area contributed by atoms with Crippen molar-refractivity contribution >= 4 is 10.0 Å². The monoisotopic (exact) mass is 253 g/mol. The lowest BCUT2D eigenvalue weighted by molar-refractivity contribution is 0.0913. The molecule has 0 bridgehead atoms. The van der Waals surface area contributed by atoms with Crippen molar-refractivity contribution in [1.82, 2.24) is 4.72 Å². The maximum atomic E-state index is 11.5. The first-order valence-corrected chi connectivity index (χ1v) is 7.08. The highest BCUT2D eigenvalue weighted by Gasteiger charge is 2.20. The van der Waals surface area contributed by atoms with E-state index in [0.717, 1.165) is 0 Å². The van der Waals surface area contributed by atoms with Gasteiger partial charge in [-0.2, -0.15) is 0 Å². The summed E-state index contributed by atoms with van der Waals surface area (Å²) in [7, 11) is -3.19. The zero-order valence-electron chi connectivity index (χ0n) is 10.3. The molecule has 0 aliphatic heterocycles. The predicted molar refractivity (Wildman–Crippen MR) is 63.8 cm³/mol. The van der Waals surface area contributed by atoms with Crippen LogP contribution in [0.15, 0.2) is 0 Å². The molecule has 98 valence electrons. The van der Waals surface area contributed by atoms with Crippen molar-refractivity contribution in [2.45, 2.75) is 27.2 Å². The Morgan fingerprint density at radius 1 is 1.25 bits per heavy atom. The van der Waals surface area contributed by atoms with Gasteiger partial charge in [0.15, 0.2) is 0 Å². The number of rotatable bonds is 8. The highest BCUT2D eigenvalue weighted by Crippen LogP contribution is 2.15. The highest BCUT2D eigenvalue weighted by molar-refractivity contribution is 7.89. The lowest BCUT2D eigenvalue weighted by Gasteiger charge is -2.18. The van der Waals surface area contributed by atoms with Gasteiger partial charge < -0.3 is 9.84 Å². The fraction of sp³-hybridized carbons (Fsp3) is 1.00. The summed E-state index contributed by atoms with van der Waals surface area (Å²) in [6.07, 6.45) is 0.614. The van der Waals surface area contributed by atoms with E-state index in [1.807, 2.05) is 20.8 Å². The molecule has 0 aromatic carbocycles. The quantitative estimate of drug-likeness (QED) is 0.612. The van der Waals surface area contributed by atoms with Gasteiger partial charge in [0.05, 0.1) is 19.0 Å². The first-order chi connectivity index (χ1) is 7.27. The topological polar surface area (TPSA) is 75.6 Å². The Morgan fingerprint density at radius 3 is 2.38 bits per heavy atom. The van der Waals surface area contributed by atoms with Gasteiger partial charge >= 0.3 is 0 Å². The van der Waals surface area contributed by atoms with Crippen LogP contribution in [0, 0.1) is 5.41 Å². The summed E-state index contributed by atoms with van der Waals surface area (Å²) in [6, 6.07) is 0. The number of hydrogen-bond acceptors (Lipinski definition) is 4. The summed E-state index contributed by atoms with van der Waals surface area (Å²) in [5.74, 6) is 0.123. The Hall–Kier alpha value is -0.170. The van der Waals surface area contributed by atoms with Gasteiger partial charge in [0, 0.05) is 13.2 Å². The first kappa shape index (κ1) is 15.8. The highest BCUT2D eigenvalue weighted by atomic mass is 32.2. The van der Waals surface area contributed by atoms with Crippen LogP contribution in [0.1, 0.15) is 27.2 Å². The largest absolute Gasteiger partial charge is 0.394 e. The number of nitrogens with one attached hydrogen (secondary N) is 1. The van der Waals surface area contributed by atoms with Crippen molar-refractivity contribution in [2.24, 2.45) is 5.41 Å². The molecule has 0 heterocycles. The lowest BCUT2D eigenvalue weighted by atomic mass is 10.0. The minimum absolute atomic E-state index is 0.00421. The molecule has 0 spiro atoms. The molecule has 2 N–H and O–H groups in total. The van der Waals surface area contributed by atoms with Crippen molar-refractivity contribution in [3.05, 3.63) is 0 Å². The van der Waals surface area contributed by atoms with Crippen LogP contribution in [-0.2, 0) is 14.8 Å². The van der Waals surface area contributed by atoms with E-state index in [0.29, 0.717) is 26.2 Å². The summed E-state index contributed by atoms with van der Waals surface area (Å²) in [4.78, 5) is 0. The van der Waals surface area contributed by atoms with Gasteiger partial charge in [-0.15, -0.1) is 0 Å².